The number of sulfonamides is 1. The van der Waals surface area contributed by atoms with Gasteiger partial charge in [-0.2, -0.15) is 15.6 Å². The quantitative estimate of drug-likeness (QED) is 0.825. The smallest absolute Gasteiger partial charge is 0.252 e. The number of nitrogens with zero attached hydrogens (tertiary/aromatic N) is 1. The number of thiophene rings is 1. The van der Waals surface area contributed by atoms with Crippen molar-refractivity contribution in [2.75, 3.05) is 26.2 Å². The minimum absolute atomic E-state index is 0.0539. The summed E-state index contributed by atoms with van der Waals surface area (Å²) < 4.78 is 31.9. The van der Waals surface area contributed by atoms with Crippen molar-refractivity contribution >= 4 is 27.3 Å². The van der Waals surface area contributed by atoms with Crippen molar-refractivity contribution in [2.24, 2.45) is 5.92 Å². The van der Waals surface area contributed by atoms with Crippen LogP contribution in [-0.2, 0) is 14.8 Å². The lowest BCUT2D eigenvalue weighted by molar-refractivity contribution is -0.102. The van der Waals surface area contributed by atoms with Gasteiger partial charge in [-0.25, -0.2) is 8.42 Å². The number of amides is 1. The second-order valence-electron chi connectivity index (χ2n) is 6.82. The maximum Gasteiger partial charge on any atom is 0.252 e. The minimum Gasteiger partial charge on any atom is -0.372 e. The first-order valence-electron chi connectivity index (χ1n) is 8.28. The van der Waals surface area contributed by atoms with E-state index in [2.05, 4.69) is 5.32 Å². The largest absolute Gasteiger partial charge is 0.372 e. The maximum atomic E-state index is 12.2. The number of carbonyl (C=O) groups excluding carboxylic acids is 1. The summed E-state index contributed by atoms with van der Waals surface area (Å²) >= 11 is 1.50. The van der Waals surface area contributed by atoms with E-state index in [0.717, 1.165) is 12.8 Å². The summed E-state index contributed by atoms with van der Waals surface area (Å²) in [4.78, 5) is 12.0. The number of rotatable bonds is 6. The van der Waals surface area contributed by atoms with Gasteiger partial charge in [-0.3, -0.25) is 4.79 Å². The predicted molar refractivity (Wildman–Crippen MR) is 93.7 cm³/mol. The van der Waals surface area contributed by atoms with Crippen molar-refractivity contribution in [3.8, 4) is 0 Å². The van der Waals surface area contributed by atoms with Crippen LogP contribution in [0.2, 0.25) is 0 Å². The Morgan fingerprint density at radius 3 is 2.88 bits per heavy atom. The standard InChI is InChI=1S/C16H24N2O4S2/c1-12(2)24(20,21)18-10-16(11-18)14(4-7-22-16)3-6-17-15(19)13-5-8-23-9-13/h5,8-9,12,14H,3-4,6-7,10-11H2,1-2H3,(H,17,19)/t14-/m1/s1. The monoisotopic (exact) mass is 372 g/mol. The highest BCUT2D eigenvalue weighted by atomic mass is 32.2. The van der Waals surface area contributed by atoms with Crippen LogP contribution in [0.4, 0.5) is 0 Å². The molecule has 1 N–H and O–H groups in total. The molecule has 2 aliphatic rings. The lowest BCUT2D eigenvalue weighted by Crippen LogP contribution is -2.67. The highest BCUT2D eigenvalue weighted by Gasteiger charge is 2.56. The molecule has 0 unspecified atom stereocenters. The molecule has 2 saturated heterocycles. The van der Waals surface area contributed by atoms with Crippen LogP contribution in [-0.4, -0.2) is 55.7 Å². The van der Waals surface area contributed by atoms with E-state index in [1.54, 1.807) is 19.9 Å². The first kappa shape index (κ1) is 17.8. The zero-order chi connectivity index (χ0) is 17.4. The first-order valence-corrected chi connectivity index (χ1v) is 10.7. The van der Waals surface area contributed by atoms with Crippen molar-refractivity contribution in [1.29, 1.82) is 0 Å². The van der Waals surface area contributed by atoms with E-state index in [-0.39, 0.29) is 11.5 Å². The fraction of sp³-hybridized carbons (Fsp3) is 0.688. The predicted octanol–water partition coefficient (Wildman–Crippen LogP) is 1.70. The van der Waals surface area contributed by atoms with Gasteiger partial charge < -0.3 is 10.1 Å². The third kappa shape index (κ3) is 3.24. The van der Waals surface area contributed by atoms with E-state index < -0.39 is 15.3 Å². The highest BCUT2D eigenvalue weighted by molar-refractivity contribution is 7.89. The third-order valence-electron chi connectivity index (χ3n) is 5.01. The number of ether oxygens (including phenoxy) is 1. The summed E-state index contributed by atoms with van der Waals surface area (Å²) in [6.45, 7) is 5.54. The van der Waals surface area contributed by atoms with E-state index in [1.807, 2.05) is 10.8 Å². The van der Waals surface area contributed by atoms with Gasteiger partial charge in [0.25, 0.3) is 5.91 Å². The van der Waals surface area contributed by atoms with E-state index in [9.17, 15) is 13.2 Å². The Morgan fingerprint density at radius 1 is 1.50 bits per heavy atom. The Bertz CT molecular complexity index is 679. The molecule has 1 spiro atoms. The molecule has 8 heteroatoms. The van der Waals surface area contributed by atoms with E-state index in [4.69, 9.17) is 4.74 Å². The molecule has 0 aromatic carbocycles. The average molecular weight is 373 g/mol. The van der Waals surface area contributed by atoms with Gasteiger partial charge in [0.15, 0.2) is 0 Å². The number of hydrogen-bond acceptors (Lipinski definition) is 5. The lowest BCUT2D eigenvalue weighted by atomic mass is 9.80. The van der Waals surface area contributed by atoms with Gasteiger partial charge >= 0.3 is 0 Å². The summed E-state index contributed by atoms with van der Waals surface area (Å²) in [6, 6.07) is 1.81. The molecule has 0 saturated carbocycles. The van der Waals surface area contributed by atoms with Gasteiger partial charge in [0.2, 0.25) is 10.0 Å². The molecule has 0 radical (unpaired) electrons. The van der Waals surface area contributed by atoms with E-state index >= 15 is 0 Å². The molecule has 2 aliphatic heterocycles. The molecular formula is C16H24N2O4S2. The van der Waals surface area contributed by atoms with Crippen LogP contribution in [0.15, 0.2) is 16.8 Å². The Morgan fingerprint density at radius 2 is 2.25 bits per heavy atom. The summed E-state index contributed by atoms with van der Waals surface area (Å²) in [6.07, 6.45) is 1.73. The van der Waals surface area contributed by atoms with Crippen molar-refractivity contribution in [2.45, 2.75) is 37.5 Å². The third-order valence-corrected chi connectivity index (χ3v) is 7.86. The number of carbonyl (C=O) groups is 1. The van der Waals surface area contributed by atoms with Crippen LogP contribution in [0.25, 0.3) is 0 Å². The Kier molecular flexibility index (Phi) is 5.01. The molecule has 1 aromatic rings. The second-order valence-corrected chi connectivity index (χ2v) is 10.1. The van der Waals surface area contributed by atoms with Gasteiger partial charge in [-0.1, -0.05) is 0 Å². The molecule has 3 heterocycles. The van der Waals surface area contributed by atoms with Gasteiger partial charge in [0.1, 0.15) is 0 Å². The van der Waals surface area contributed by atoms with Crippen molar-refractivity contribution in [3.63, 3.8) is 0 Å². The summed E-state index contributed by atoms with van der Waals surface area (Å²) in [5, 5.41) is 6.25. The summed E-state index contributed by atoms with van der Waals surface area (Å²) in [5.74, 6) is 0.237. The molecule has 6 nitrogen and oxygen atoms in total. The van der Waals surface area contributed by atoms with Crippen molar-refractivity contribution in [3.05, 3.63) is 22.4 Å². The second kappa shape index (κ2) is 6.74. The normalized spacial score (nSPS) is 23.5. The molecule has 1 atom stereocenters. The Hall–Kier alpha value is -0.960. The van der Waals surface area contributed by atoms with Crippen LogP contribution in [0.1, 0.15) is 37.0 Å². The van der Waals surface area contributed by atoms with E-state index in [0.29, 0.717) is 37.7 Å². The van der Waals surface area contributed by atoms with Crippen molar-refractivity contribution in [1.82, 2.24) is 9.62 Å². The summed E-state index contributed by atoms with van der Waals surface area (Å²) in [7, 11) is -3.21. The Labute approximate surface area is 147 Å². The zero-order valence-corrected chi connectivity index (χ0v) is 15.7. The first-order chi connectivity index (χ1) is 11.3. The average Bonchev–Trinajstić information content (AvgIpc) is 3.14. The number of hydrogen-bond donors (Lipinski definition) is 1. The van der Waals surface area contributed by atoms with Crippen LogP contribution in [0.5, 0.6) is 0 Å². The fourth-order valence-electron chi connectivity index (χ4n) is 3.43. The fourth-order valence-corrected chi connectivity index (χ4v) is 5.46. The Balaban J connectivity index is 1.51. The van der Waals surface area contributed by atoms with Gasteiger partial charge in [-0.05, 0) is 44.1 Å². The number of nitrogens with one attached hydrogen (secondary N) is 1. The SMILES string of the molecule is CC(C)S(=O)(=O)N1CC2(C1)OCC[C@H]2CCNC(=O)c1ccsc1. The molecule has 3 rings (SSSR count). The molecule has 2 fully saturated rings. The van der Waals surface area contributed by atoms with Crippen LogP contribution in [0.3, 0.4) is 0 Å². The van der Waals surface area contributed by atoms with Crippen LogP contribution >= 0.6 is 11.3 Å². The molecule has 134 valence electrons. The summed E-state index contributed by atoms with van der Waals surface area (Å²) in [5.41, 5.74) is 0.338. The van der Waals surface area contributed by atoms with E-state index in [1.165, 1.54) is 15.6 Å². The van der Waals surface area contributed by atoms with Gasteiger partial charge in [-0.15, -0.1) is 0 Å². The molecule has 0 aliphatic carbocycles. The molecule has 1 amide bonds. The van der Waals surface area contributed by atoms with Crippen LogP contribution in [0, 0.1) is 5.92 Å². The maximum absolute atomic E-state index is 12.2. The zero-order valence-electron chi connectivity index (χ0n) is 14.0. The topological polar surface area (TPSA) is 75.7 Å². The molecule has 0 bridgehead atoms. The van der Waals surface area contributed by atoms with Gasteiger partial charge in [0.05, 0.1) is 10.9 Å². The van der Waals surface area contributed by atoms with Gasteiger partial charge in [0, 0.05) is 37.2 Å². The molecular weight excluding hydrogens is 348 g/mol. The molecule has 1 aromatic heterocycles. The lowest BCUT2D eigenvalue weighted by Gasteiger charge is -2.49. The minimum atomic E-state index is -3.21. The van der Waals surface area contributed by atoms with Crippen molar-refractivity contribution < 1.29 is 17.9 Å². The molecule has 24 heavy (non-hydrogen) atoms. The van der Waals surface area contributed by atoms with Crippen LogP contribution < -0.4 is 5.32 Å². The highest BCUT2D eigenvalue weighted by Crippen LogP contribution is 2.43.